The first-order valence-electron chi connectivity index (χ1n) is 1.97. The van der Waals surface area contributed by atoms with Gasteiger partial charge in [0.2, 0.25) is 0 Å². The Labute approximate surface area is 56.7 Å². The molecule has 1 nitrogen and oxygen atoms in total. The Balaban J connectivity index is 2.97. The van der Waals surface area contributed by atoms with Crippen LogP contribution in [0, 0.1) is 0 Å². The van der Waals surface area contributed by atoms with Crippen LogP contribution in [0.4, 0.5) is 0 Å². The Morgan fingerprint density at radius 2 is 2.43 bits per heavy atom. The van der Waals surface area contributed by atoms with Crippen molar-refractivity contribution in [3.05, 3.63) is 0 Å². The predicted molar refractivity (Wildman–Crippen MR) is 40.4 cm³/mol. The van der Waals surface area contributed by atoms with Crippen LogP contribution in [0.2, 0.25) is 0 Å². The molecule has 0 fully saturated rings. The highest BCUT2D eigenvalue weighted by atomic mass is 79.9. The summed E-state index contributed by atoms with van der Waals surface area (Å²) in [5.41, 5.74) is 1.82. The van der Waals surface area contributed by atoms with Gasteiger partial charge in [0.15, 0.2) is 0 Å². The molecule has 7 heavy (non-hydrogen) atoms. The molecule has 1 atom stereocenters. The van der Waals surface area contributed by atoms with E-state index < -0.39 is 0 Å². The number of hydrogen-bond acceptors (Lipinski definition) is 2. The molecular weight excluding hydrogens is 174 g/mol. The molecule has 0 saturated heterocycles. The van der Waals surface area contributed by atoms with Crippen LogP contribution in [0.3, 0.4) is 0 Å². The number of rotatable bonds is 2. The largest absolute Gasteiger partial charge is 0.290 e. The van der Waals surface area contributed by atoms with Crippen LogP contribution in [0.1, 0.15) is 6.92 Å². The topological polar surface area (TPSA) is 12.4 Å². The van der Waals surface area contributed by atoms with Crippen LogP contribution >= 0.6 is 27.7 Å². The summed E-state index contributed by atoms with van der Waals surface area (Å²) < 4.78 is 0.483. The summed E-state index contributed by atoms with van der Waals surface area (Å²) >= 11 is 5.00. The number of thioether (sulfide) groups is 1. The molecule has 0 aliphatic carbocycles. The Morgan fingerprint density at radius 3 is 2.57 bits per heavy atom. The van der Waals surface area contributed by atoms with Crippen molar-refractivity contribution in [1.82, 2.24) is 0 Å². The Kier molecular flexibility index (Phi) is 4.99. The molecule has 0 heterocycles. The molecule has 0 aromatic carbocycles. The number of hydrogen-bond donors (Lipinski definition) is 0. The summed E-state index contributed by atoms with van der Waals surface area (Å²) in [6.07, 6.45) is 0. The van der Waals surface area contributed by atoms with E-state index >= 15 is 0 Å². The third kappa shape index (κ3) is 6.50. The molecule has 3 heteroatoms. The van der Waals surface area contributed by atoms with Crippen molar-refractivity contribution >= 4 is 33.2 Å². The summed E-state index contributed by atoms with van der Waals surface area (Å²) in [6.45, 7) is 2.06. The van der Waals surface area contributed by atoms with Crippen LogP contribution in [-0.2, 0) is 0 Å². The van der Waals surface area contributed by atoms with Crippen LogP contribution in [0.25, 0.3) is 0 Å². The second kappa shape index (κ2) is 4.65. The van der Waals surface area contributed by atoms with E-state index in [1.54, 1.807) is 18.8 Å². The lowest BCUT2D eigenvalue weighted by atomic mass is 11.0. The lowest BCUT2D eigenvalue weighted by Gasteiger charge is -1.90. The minimum absolute atomic E-state index is 0.483. The molecule has 1 unspecified atom stereocenters. The molecular formula is C4H8BrNS. The van der Waals surface area contributed by atoms with Crippen LogP contribution < -0.4 is 0 Å². The van der Waals surface area contributed by atoms with Crippen molar-refractivity contribution in [3.8, 4) is 0 Å². The first-order valence-corrected chi connectivity index (χ1v) is 3.83. The van der Waals surface area contributed by atoms with Gasteiger partial charge in [-0.15, -0.1) is 0 Å². The first kappa shape index (κ1) is 7.50. The maximum atomic E-state index is 3.78. The van der Waals surface area contributed by atoms with E-state index in [4.69, 9.17) is 0 Å². The van der Waals surface area contributed by atoms with E-state index in [2.05, 4.69) is 27.8 Å². The molecule has 0 aliphatic heterocycles. The normalized spacial score (nSPS) is 15.3. The van der Waals surface area contributed by atoms with E-state index in [1.807, 2.05) is 5.55 Å². The summed E-state index contributed by atoms with van der Waals surface area (Å²) in [6, 6.07) is 0. The van der Waals surface area contributed by atoms with Gasteiger partial charge in [-0.05, 0) is 6.92 Å². The minimum atomic E-state index is 0.483. The van der Waals surface area contributed by atoms with E-state index in [-0.39, 0.29) is 0 Å². The molecule has 0 aromatic heterocycles. The van der Waals surface area contributed by atoms with Crippen molar-refractivity contribution in [2.24, 2.45) is 4.99 Å². The van der Waals surface area contributed by atoms with Crippen LogP contribution in [0.5, 0.6) is 0 Å². The average Bonchev–Trinajstić information content (AvgIpc) is 1.61. The number of nitrogens with zero attached hydrogens (tertiary/aromatic N) is 1. The molecule has 0 amide bonds. The van der Waals surface area contributed by atoms with E-state index in [1.165, 1.54) is 0 Å². The maximum absolute atomic E-state index is 3.78. The fourth-order valence-electron chi connectivity index (χ4n) is 0.145. The third-order valence-electron chi connectivity index (χ3n) is 0.354. The standard InChI is InChI=1S/C4H8BrNS/c1-4(5)7-3-6-2/h3-4H,1-2H3. The molecule has 0 N–H and O–H groups in total. The zero-order chi connectivity index (χ0) is 5.70. The van der Waals surface area contributed by atoms with Crippen molar-refractivity contribution in [2.45, 2.75) is 11.1 Å². The van der Waals surface area contributed by atoms with Gasteiger partial charge in [0.25, 0.3) is 0 Å². The van der Waals surface area contributed by atoms with Crippen molar-refractivity contribution in [1.29, 1.82) is 0 Å². The minimum Gasteiger partial charge on any atom is -0.290 e. The average molecular weight is 182 g/mol. The molecule has 0 rings (SSSR count). The summed E-state index contributed by atoms with van der Waals surface area (Å²) in [7, 11) is 1.77. The van der Waals surface area contributed by atoms with Gasteiger partial charge in [-0.2, -0.15) is 0 Å². The summed E-state index contributed by atoms with van der Waals surface area (Å²) in [5, 5.41) is 0. The number of alkyl halides is 1. The van der Waals surface area contributed by atoms with Crippen molar-refractivity contribution in [2.75, 3.05) is 7.05 Å². The summed E-state index contributed by atoms with van der Waals surface area (Å²) in [5.74, 6) is 0. The van der Waals surface area contributed by atoms with Crippen molar-refractivity contribution < 1.29 is 0 Å². The second-order valence-electron chi connectivity index (χ2n) is 1.04. The lowest BCUT2D eigenvalue weighted by molar-refractivity contribution is 1.45. The van der Waals surface area contributed by atoms with Gasteiger partial charge in [-0.25, -0.2) is 0 Å². The Bertz CT molecular complexity index is 62.7. The summed E-state index contributed by atoms with van der Waals surface area (Å²) in [4.78, 5) is 3.78. The Morgan fingerprint density at radius 1 is 1.86 bits per heavy atom. The molecule has 0 radical (unpaired) electrons. The zero-order valence-electron chi connectivity index (χ0n) is 4.39. The molecule has 0 aromatic rings. The predicted octanol–water partition coefficient (Wildman–Crippen LogP) is 2.12. The van der Waals surface area contributed by atoms with Gasteiger partial charge in [-0.3, -0.25) is 4.99 Å². The molecule has 0 saturated carbocycles. The maximum Gasteiger partial charge on any atom is 0.0628 e. The zero-order valence-corrected chi connectivity index (χ0v) is 6.79. The van der Waals surface area contributed by atoms with Gasteiger partial charge < -0.3 is 0 Å². The van der Waals surface area contributed by atoms with Gasteiger partial charge >= 0.3 is 0 Å². The van der Waals surface area contributed by atoms with Crippen LogP contribution in [-0.4, -0.2) is 16.8 Å². The molecule has 0 aliphatic rings. The molecule has 0 bridgehead atoms. The SMILES string of the molecule is CN=CSC(C)Br. The van der Waals surface area contributed by atoms with Crippen LogP contribution in [0.15, 0.2) is 4.99 Å². The third-order valence-corrected chi connectivity index (χ3v) is 1.71. The van der Waals surface area contributed by atoms with E-state index in [0.717, 1.165) is 0 Å². The van der Waals surface area contributed by atoms with Gasteiger partial charge in [0.05, 0.1) is 9.71 Å². The highest BCUT2D eigenvalue weighted by molar-refractivity contribution is 9.11. The fourth-order valence-corrected chi connectivity index (χ4v) is 0.724. The van der Waals surface area contributed by atoms with Gasteiger partial charge in [-0.1, -0.05) is 27.7 Å². The van der Waals surface area contributed by atoms with E-state index in [0.29, 0.717) is 4.16 Å². The smallest absolute Gasteiger partial charge is 0.0628 e. The monoisotopic (exact) mass is 181 g/mol. The fraction of sp³-hybridized carbons (Fsp3) is 0.750. The first-order chi connectivity index (χ1) is 3.27. The second-order valence-corrected chi connectivity index (χ2v) is 4.21. The Hall–Kier alpha value is 0.500. The lowest BCUT2D eigenvalue weighted by Crippen LogP contribution is -1.77. The highest BCUT2D eigenvalue weighted by Crippen LogP contribution is 2.12. The molecule has 0 spiro atoms. The van der Waals surface area contributed by atoms with Gasteiger partial charge in [0, 0.05) is 7.05 Å². The highest BCUT2D eigenvalue weighted by Gasteiger charge is 1.87. The van der Waals surface area contributed by atoms with E-state index in [9.17, 15) is 0 Å². The molecule has 42 valence electrons. The van der Waals surface area contributed by atoms with Gasteiger partial charge in [0.1, 0.15) is 0 Å². The number of halogens is 1. The quantitative estimate of drug-likeness (QED) is 0.362. The number of aliphatic imine (C=N–C) groups is 1. The van der Waals surface area contributed by atoms with Crippen molar-refractivity contribution in [3.63, 3.8) is 0 Å².